The molecule has 1 N–H and O–H groups in total. The summed E-state index contributed by atoms with van der Waals surface area (Å²) < 4.78 is 2.60. The van der Waals surface area contributed by atoms with Crippen LogP contribution in [0, 0.1) is 10.1 Å². The summed E-state index contributed by atoms with van der Waals surface area (Å²) in [6.07, 6.45) is 4.71. The number of nitro benzene ring substituents is 1. The number of nitro groups is 1. The number of carbonyl (C=O) groups is 1. The van der Waals surface area contributed by atoms with Crippen molar-refractivity contribution < 1.29 is 9.72 Å². The van der Waals surface area contributed by atoms with Crippen LogP contribution in [0.3, 0.4) is 0 Å². The first-order chi connectivity index (χ1) is 11.0. The van der Waals surface area contributed by atoms with Gasteiger partial charge in [0.1, 0.15) is 0 Å². The van der Waals surface area contributed by atoms with Crippen molar-refractivity contribution in [1.29, 1.82) is 0 Å². The Morgan fingerprint density at radius 2 is 2.30 bits per heavy atom. The van der Waals surface area contributed by atoms with Gasteiger partial charge in [-0.15, -0.1) is 0 Å². The molecular formula is C15H15BrN4O3. The summed E-state index contributed by atoms with van der Waals surface area (Å²) in [4.78, 5) is 22.0. The molecule has 1 amide bonds. The first-order valence-corrected chi connectivity index (χ1v) is 7.71. The Morgan fingerprint density at radius 3 is 2.96 bits per heavy atom. The molecule has 0 bridgehead atoms. The number of nitrogens with one attached hydrogen (secondary N) is 1. The summed E-state index contributed by atoms with van der Waals surface area (Å²) in [5.74, 6) is -0.297. The Hall–Kier alpha value is -2.48. The lowest BCUT2D eigenvalue weighted by Crippen LogP contribution is -2.20. The average molecular weight is 379 g/mol. The minimum atomic E-state index is -0.473. The Balaban J connectivity index is 1.95. The van der Waals surface area contributed by atoms with Crippen molar-refractivity contribution in [3.63, 3.8) is 0 Å². The minimum Gasteiger partial charge on any atom is -0.347 e. The highest BCUT2D eigenvalue weighted by Crippen LogP contribution is 2.15. The van der Waals surface area contributed by atoms with Crippen LogP contribution in [0.4, 0.5) is 5.69 Å². The molecule has 0 saturated carbocycles. The van der Waals surface area contributed by atoms with Crippen molar-refractivity contribution in [1.82, 2.24) is 15.1 Å². The van der Waals surface area contributed by atoms with Gasteiger partial charge in [0.15, 0.2) is 0 Å². The summed E-state index contributed by atoms with van der Waals surface area (Å²) in [6.45, 7) is 3.02. The molecule has 0 fully saturated rings. The van der Waals surface area contributed by atoms with Gasteiger partial charge in [-0.1, -0.05) is 12.1 Å². The predicted molar refractivity (Wildman–Crippen MR) is 89.6 cm³/mol. The normalized spacial score (nSPS) is 10.9. The van der Waals surface area contributed by atoms with Gasteiger partial charge in [0, 0.05) is 31.0 Å². The molecule has 2 rings (SSSR count). The zero-order valence-electron chi connectivity index (χ0n) is 12.4. The number of non-ortho nitro benzene ring substituents is 1. The highest BCUT2D eigenvalue weighted by Gasteiger charge is 2.07. The van der Waals surface area contributed by atoms with E-state index in [1.165, 1.54) is 24.3 Å². The van der Waals surface area contributed by atoms with E-state index in [1.807, 2.05) is 13.1 Å². The summed E-state index contributed by atoms with van der Waals surface area (Å²) in [5.41, 5.74) is 1.32. The Kier molecular flexibility index (Phi) is 5.64. The predicted octanol–water partition coefficient (Wildman–Crippen LogP) is 2.90. The Bertz CT molecular complexity index is 755. The minimum absolute atomic E-state index is 0.0124. The van der Waals surface area contributed by atoms with Crippen molar-refractivity contribution in [2.45, 2.75) is 20.0 Å². The Morgan fingerprint density at radius 1 is 1.52 bits per heavy atom. The molecule has 23 heavy (non-hydrogen) atoms. The second-order valence-electron chi connectivity index (χ2n) is 4.68. The molecule has 0 unspecified atom stereocenters. The van der Waals surface area contributed by atoms with Gasteiger partial charge in [-0.25, -0.2) is 0 Å². The second-order valence-corrected chi connectivity index (χ2v) is 5.54. The number of halogens is 1. The monoisotopic (exact) mass is 378 g/mol. The van der Waals surface area contributed by atoms with Gasteiger partial charge in [0.2, 0.25) is 5.91 Å². The maximum absolute atomic E-state index is 11.8. The number of hydrogen-bond donors (Lipinski definition) is 1. The largest absolute Gasteiger partial charge is 0.347 e. The van der Waals surface area contributed by atoms with E-state index in [0.29, 0.717) is 12.1 Å². The van der Waals surface area contributed by atoms with E-state index in [1.54, 1.807) is 16.8 Å². The van der Waals surface area contributed by atoms with Gasteiger partial charge < -0.3 is 5.32 Å². The smallest absolute Gasteiger partial charge is 0.270 e. The van der Waals surface area contributed by atoms with Gasteiger partial charge in [0.05, 0.1) is 21.6 Å². The lowest BCUT2D eigenvalue weighted by molar-refractivity contribution is -0.384. The number of aryl methyl sites for hydroxylation is 1. The molecule has 0 radical (unpaired) electrons. The number of benzene rings is 1. The zero-order chi connectivity index (χ0) is 16.8. The molecule has 0 aliphatic heterocycles. The van der Waals surface area contributed by atoms with E-state index >= 15 is 0 Å². The first kappa shape index (κ1) is 16.9. The maximum Gasteiger partial charge on any atom is 0.270 e. The van der Waals surface area contributed by atoms with E-state index in [9.17, 15) is 14.9 Å². The first-order valence-electron chi connectivity index (χ1n) is 6.91. The third-order valence-electron chi connectivity index (χ3n) is 3.05. The van der Waals surface area contributed by atoms with Crippen LogP contribution in [-0.4, -0.2) is 20.6 Å². The molecule has 7 nitrogen and oxygen atoms in total. The maximum atomic E-state index is 11.8. The van der Waals surface area contributed by atoms with Crippen LogP contribution < -0.4 is 5.32 Å². The van der Waals surface area contributed by atoms with Crippen molar-refractivity contribution in [2.75, 3.05) is 0 Å². The molecule has 8 heteroatoms. The fourth-order valence-electron chi connectivity index (χ4n) is 1.86. The lowest BCUT2D eigenvalue weighted by Gasteiger charge is -2.00. The standard InChI is InChI=1S/C15H15BrN4O3/c1-2-19-10-13(16)14(18-19)9-17-15(21)7-6-11-4-3-5-12(8-11)20(22)23/h3-8,10H,2,9H2,1H3,(H,17,21)/b7-6+. The fraction of sp³-hybridized carbons (Fsp3) is 0.200. The zero-order valence-corrected chi connectivity index (χ0v) is 14.0. The van der Waals surface area contributed by atoms with Crippen molar-refractivity contribution in [3.8, 4) is 0 Å². The molecule has 120 valence electrons. The number of carbonyl (C=O) groups excluding carboxylic acids is 1. The van der Waals surface area contributed by atoms with Crippen LogP contribution in [0.25, 0.3) is 6.08 Å². The molecule has 0 saturated heterocycles. The average Bonchev–Trinajstić information content (AvgIpc) is 2.91. The van der Waals surface area contributed by atoms with E-state index in [2.05, 4.69) is 26.3 Å². The highest BCUT2D eigenvalue weighted by atomic mass is 79.9. The number of aromatic nitrogens is 2. The lowest BCUT2D eigenvalue weighted by atomic mass is 10.2. The topological polar surface area (TPSA) is 90.1 Å². The van der Waals surface area contributed by atoms with E-state index in [4.69, 9.17) is 0 Å². The molecule has 1 aromatic heterocycles. The molecule has 2 aromatic rings. The quantitative estimate of drug-likeness (QED) is 0.475. The molecule has 0 spiro atoms. The van der Waals surface area contributed by atoms with Gasteiger partial charge >= 0.3 is 0 Å². The van der Waals surface area contributed by atoms with Crippen molar-refractivity contribution in [3.05, 3.63) is 62.4 Å². The summed E-state index contributed by atoms with van der Waals surface area (Å²) in [7, 11) is 0. The second kappa shape index (κ2) is 7.68. The van der Waals surface area contributed by atoms with Crippen LogP contribution in [0.15, 0.2) is 41.0 Å². The van der Waals surface area contributed by atoms with Crippen LogP contribution in [0.1, 0.15) is 18.2 Å². The molecule has 1 heterocycles. The number of hydrogen-bond acceptors (Lipinski definition) is 4. The number of nitrogens with zero attached hydrogens (tertiary/aromatic N) is 3. The fourth-order valence-corrected chi connectivity index (χ4v) is 2.32. The highest BCUT2D eigenvalue weighted by molar-refractivity contribution is 9.10. The van der Waals surface area contributed by atoms with Crippen LogP contribution in [0.2, 0.25) is 0 Å². The molecular weight excluding hydrogens is 364 g/mol. The summed E-state index contributed by atoms with van der Waals surface area (Å²) >= 11 is 3.39. The third-order valence-corrected chi connectivity index (χ3v) is 3.71. The number of rotatable bonds is 6. The Labute approximate surface area is 141 Å². The summed E-state index contributed by atoms with van der Waals surface area (Å²) in [5, 5.41) is 17.7. The SMILES string of the molecule is CCn1cc(Br)c(CNC(=O)/C=C/c2cccc([N+](=O)[O-])c2)n1. The summed E-state index contributed by atoms with van der Waals surface area (Å²) in [6, 6.07) is 6.07. The molecule has 0 aliphatic carbocycles. The van der Waals surface area contributed by atoms with E-state index in [-0.39, 0.29) is 11.6 Å². The number of amides is 1. The van der Waals surface area contributed by atoms with Gasteiger partial charge in [0.25, 0.3) is 5.69 Å². The van der Waals surface area contributed by atoms with Crippen LogP contribution >= 0.6 is 15.9 Å². The van der Waals surface area contributed by atoms with Gasteiger partial charge in [-0.2, -0.15) is 5.10 Å². The van der Waals surface area contributed by atoms with Gasteiger partial charge in [-0.3, -0.25) is 19.6 Å². The van der Waals surface area contributed by atoms with Crippen molar-refractivity contribution in [2.24, 2.45) is 0 Å². The third kappa shape index (κ3) is 4.75. The van der Waals surface area contributed by atoms with E-state index < -0.39 is 4.92 Å². The van der Waals surface area contributed by atoms with Gasteiger partial charge in [-0.05, 0) is 34.5 Å². The van der Waals surface area contributed by atoms with E-state index in [0.717, 1.165) is 16.7 Å². The molecule has 0 atom stereocenters. The van der Waals surface area contributed by atoms with Crippen LogP contribution in [-0.2, 0) is 17.9 Å². The van der Waals surface area contributed by atoms with Crippen molar-refractivity contribution >= 4 is 33.6 Å². The molecule has 1 aromatic carbocycles. The molecule has 0 aliphatic rings. The van der Waals surface area contributed by atoms with Crippen LogP contribution in [0.5, 0.6) is 0 Å².